The lowest BCUT2D eigenvalue weighted by molar-refractivity contribution is -0.143. The van der Waals surface area contributed by atoms with Gasteiger partial charge in [-0.1, -0.05) is 18.7 Å². The van der Waals surface area contributed by atoms with Crippen molar-refractivity contribution in [3.63, 3.8) is 0 Å². The van der Waals surface area contributed by atoms with Gasteiger partial charge in [0.15, 0.2) is 21.2 Å². The average Bonchev–Trinajstić information content (AvgIpc) is 3.36. The molecule has 4 heterocycles. The standard InChI is InChI=1S/C10H8F3N3O2S.C8H4F3N3O2S/c1-2-19-9-15-14-7-5(8(17)18)3-4-6(16(7)9)10(11,12)13;9-8(10,11)4-2-1-3(6(15)16)5-12-13-7(17)14(4)5/h3-4H,2H2,1H3,(H,17,18);1-2H,(H,13,17)(H,15,16). The summed E-state index contributed by atoms with van der Waals surface area (Å²) in [7, 11) is 0. The molecule has 0 spiro atoms. The number of fused-ring (bicyclic) bond motifs is 2. The smallest absolute Gasteiger partial charge is 0.431 e. The van der Waals surface area contributed by atoms with Crippen LogP contribution in [0.3, 0.4) is 0 Å². The summed E-state index contributed by atoms with van der Waals surface area (Å²) in [5.41, 5.74) is -3.41. The summed E-state index contributed by atoms with van der Waals surface area (Å²) < 4.78 is 77.7. The average molecular weight is 554 g/mol. The van der Waals surface area contributed by atoms with E-state index in [4.69, 9.17) is 10.2 Å². The van der Waals surface area contributed by atoms with Crippen molar-refractivity contribution < 1.29 is 46.1 Å². The van der Waals surface area contributed by atoms with E-state index < -0.39 is 35.7 Å². The number of aromatic nitrogens is 6. The number of hydrogen-bond donors (Lipinski definition) is 3. The Labute approximate surface area is 204 Å². The number of carboxylic acid groups (broad SMARTS) is 2. The van der Waals surface area contributed by atoms with Crippen LogP contribution in [-0.2, 0) is 12.4 Å². The van der Waals surface area contributed by atoms with Gasteiger partial charge in [0.05, 0.1) is 0 Å². The van der Waals surface area contributed by atoms with Crippen LogP contribution in [-0.4, -0.2) is 57.1 Å². The van der Waals surface area contributed by atoms with Gasteiger partial charge in [0.2, 0.25) is 0 Å². The van der Waals surface area contributed by atoms with Crippen LogP contribution in [0, 0.1) is 4.77 Å². The fourth-order valence-corrected chi connectivity index (χ4v) is 3.89. The minimum atomic E-state index is -4.64. The molecule has 192 valence electrons. The molecule has 0 aliphatic carbocycles. The van der Waals surface area contributed by atoms with Crippen molar-refractivity contribution in [2.75, 3.05) is 5.75 Å². The molecule has 36 heavy (non-hydrogen) atoms. The molecule has 0 fully saturated rings. The molecule has 18 heteroatoms. The highest BCUT2D eigenvalue weighted by Gasteiger charge is 2.36. The van der Waals surface area contributed by atoms with Gasteiger partial charge < -0.3 is 10.2 Å². The predicted molar refractivity (Wildman–Crippen MR) is 114 cm³/mol. The van der Waals surface area contributed by atoms with Gasteiger partial charge in [0.25, 0.3) is 0 Å². The molecule has 0 bridgehead atoms. The lowest BCUT2D eigenvalue weighted by Crippen LogP contribution is -2.14. The fraction of sp³-hybridized carbons (Fsp3) is 0.222. The molecule has 4 aromatic heterocycles. The molecule has 4 rings (SSSR count). The van der Waals surface area contributed by atoms with Crippen molar-refractivity contribution in [1.82, 2.24) is 29.2 Å². The first-order valence-corrected chi connectivity index (χ1v) is 10.8. The van der Waals surface area contributed by atoms with Crippen molar-refractivity contribution in [2.45, 2.75) is 24.4 Å². The van der Waals surface area contributed by atoms with Crippen molar-refractivity contribution in [2.24, 2.45) is 0 Å². The summed E-state index contributed by atoms with van der Waals surface area (Å²) in [6.45, 7) is 1.75. The molecule has 4 aromatic rings. The predicted octanol–water partition coefficient (Wildman–Crippen LogP) is 4.67. The van der Waals surface area contributed by atoms with Crippen molar-refractivity contribution in [1.29, 1.82) is 0 Å². The zero-order valence-electron chi connectivity index (χ0n) is 17.5. The lowest BCUT2D eigenvalue weighted by atomic mass is 10.2. The van der Waals surface area contributed by atoms with Crippen molar-refractivity contribution in [3.05, 3.63) is 51.6 Å². The minimum Gasteiger partial charge on any atom is -0.478 e. The van der Waals surface area contributed by atoms with Crippen LogP contribution < -0.4 is 0 Å². The Bertz CT molecular complexity index is 1520. The zero-order valence-corrected chi connectivity index (χ0v) is 19.2. The number of rotatable bonds is 4. The van der Waals surface area contributed by atoms with Crippen LogP contribution in [0.2, 0.25) is 0 Å². The van der Waals surface area contributed by atoms with Gasteiger partial charge in [-0.05, 0) is 42.2 Å². The highest BCUT2D eigenvalue weighted by atomic mass is 32.2. The Kier molecular flexibility index (Phi) is 7.30. The van der Waals surface area contributed by atoms with Gasteiger partial charge in [-0.25, -0.2) is 9.59 Å². The molecule has 0 unspecified atom stereocenters. The molecule has 0 aromatic carbocycles. The molecule has 0 aliphatic heterocycles. The van der Waals surface area contributed by atoms with Crippen LogP contribution in [0.25, 0.3) is 11.3 Å². The number of H-pyrrole nitrogens is 1. The maximum absolute atomic E-state index is 12.9. The van der Waals surface area contributed by atoms with Crippen LogP contribution >= 0.6 is 24.0 Å². The number of aromatic carboxylic acids is 2. The third kappa shape index (κ3) is 5.13. The highest BCUT2D eigenvalue weighted by molar-refractivity contribution is 7.99. The molecular formula is C18H12F6N6O4S2. The first-order chi connectivity index (χ1) is 16.7. The number of nitrogens with one attached hydrogen (secondary N) is 1. The highest BCUT2D eigenvalue weighted by Crippen LogP contribution is 2.33. The van der Waals surface area contributed by atoms with E-state index in [9.17, 15) is 35.9 Å². The molecule has 10 nitrogen and oxygen atoms in total. The van der Waals surface area contributed by atoms with E-state index in [-0.39, 0.29) is 32.3 Å². The normalized spacial score (nSPS) is 12.0. The number of alkyl halides is 6. The molecule has 0 saturated carbocycles. The number of hydrogen-bond acceptors (Lipinski definition) is 7. The Morgan fingerprint density at radius 3 is 1.89 bits per heavy atom. The number of aromatic amines is 1. The summed E-state index contributed by atoms with van der Waals surface area (Å²) in [6.07, 6.45) is -9.25. The van der Waals surface area contributed by atoms with E-state index in [1.54, 1.807) is 6.92 Å². The maximum atomic E-state index is 12.9. The maximum Gasteiger partial charge on any atom is 0.431 e. The van der Waals surface area contributed by atoms with Gasteiger partial charge in [-0.3, -0.25) is 13.9 Å². The summed E-state index contributed by atoms with van der Waals surface area (Å²) in [4.78, 5) is 21.8. The van der Waals surface area contributed by atoms with E-state index in [2.05, 4.69) is 32.6 Å². The fourth-order valence-electron chi connectivity index (χ4n) is 2.98. The van der Waals surface area contributed by atoms with Gasteiger partial charge >= 0.3 is 24.3 Å². The Morgan fingerprint density at radius 2 is 1.42 bits per heavy atom. The third-order valence-electron chi connectivity index (χ3n) is 4.40. The molecule has 0 atom stereocenters. The van der Waals surface area contributed by atoms with Crippen LogP contribution in [0.15, 0.2) is 29.4 Å². The second-order valence-corrected chi connectivity index (χ2v) is 8.25. The van der Waals surface area contributed by atoms with Crippen molar-refractivity contribution in [3.8, 4) is 0 Å². The van der Waals surface area contributed by atoms with Gasteiger partial charge in [0.1, 0.15) is 22.5 Å². The number of halogens is 6. The van der Waals surface area contributed by atoms with Crippen molar-refractivity contribution >= 4 is 47.2 Å². The summed E-state index contributed by atoms with van der Waals surface area (Å²) >= 11 is 5.70. The van der Waals surface area contributed by atoms with E-state index in [1.165, 1.54) is 0 Å². The van der Waals surface area contributed by atoms with E-state index >= 15 is 0 Å². The first-order valence-electron chi connectivity index (χ1n) is 9.40. The number of thioether (sulfide) groups is 1. The molecule has 3 N–H and O–H groups in total. The van der Waals surface area contributed by atoms with Crippen LogP contribution in [0.4, 0.5) is 26.3 Å². The molecule has 0 aliphatic rings. The summed E-state index contributed by atoms with van der Waals surface area (Å²) in [5.74, 6) is -2.23. The first kappa shape index (κ1) is 26.9. The summed E-state index contributed by atoms with van der Waals surface area (Å²) in [6, 6.07) is 3.10. The molecule has 0 radical (unpaired) electrons. The van der Waals surface area contributed by atoms with Gasteiger partial charge in [-0.15, -0.1) is 10.2 Å². The number of nitrogens with zero attached hydrogens (tertiary/aromatic N) is 5. The van der Waals surface area contributed by atoms with Gasteiger partial charge in [0, 0.05) is 0 Å². The van der Waals surface area contributed by atoms with E-state index in [0.29, 0.717) is 16.2 Å². The van der Waals surface area contributed by atoms with E-state index in [0.717, 1.165) is 34.4 Å². The number of carbonyl (C=O) groups is 2. The van der Waals surface area contributed by atoms with E-state index in [1.807, 2.05) is 0 Å². The largest absolute Gasteiger partial charge is 0.478 e. The summed E-state index contributed by atoms with van der Waals surface area (Å²) in [5, 5.41) is 30.5. The number of carboxylic acids is 2. The lowest BCUT2D eigenvalue weighted by Gasteiger charge is -2.11. The Morgan fingerprint density at radius 1 is 0.917 bits per heavy atom. The molecule has 0 saturated heterocycles. The van der Waals surface area contributed by atoms with Crippen LogP contribution in [0.5, 0.6) is 0 Å². The topological polar surface area (TPSA) is 138 Å². The van der Waals surface area contributed by atoms with Crippen LogP contribution in [0.1, 0.15) is 39.0 Å². The minimum absolute atomic E-state index is 0.0212. The number of pyridine rings is 2. The monoisotopic (exact) mass is 554 g/mol. The Hall–Kier alpha value is -3.67. The SMILES string of the molecule is CCSc1nnc2c(C(=O)O)ccc(C(F)(F)F)n12.O=C(O)c1ccc(C(F)(F)F)n2c(=S)[nH]nc12. The molecular weight excluding hydrogens is 542 g/mol. The third-order valence-corrected chi connectivity index (χ3v) is 5.49. The zero-order chi connectivity index (χ0) is 27.0. The van der Waals surface area contributed by atoms with Gasteiger partial charge in [-0.2, -0.15) is 31.4 Å². The Balaban J connectivity index is 0.000000202. The molecule has 0 amide bonds. The quantitative estimate of drug-likeness (QED) is 0.187. The second kappa shape index (κ2) is 9.76. The second-order valence-electron chi connectivity index (χ2n) is 6.63.